The Morgan fingerprint density at radius 2 is 1.36 bits per heavy atom. The summed E-state index contributed by atoms with van der Waals surface area (Å²) in [7, 11) is 0. The number of aliphatic hydroxyl groups excluding tert-OH is 2. The molecule has 10 atom stereocenters. The van der Waals surface area contributed by atoms with Gasteiger partial charge in [0.25, 0.3) is 0 Å². The van der Waals surface area contributed by atoms with Crippen LogP contribution >= 0.6 is 0 Å². The van der Waals surface area contributed by atoms with Crippen molar-refractivity contribution in [2.45, 2.75) is 83.1 Å². The first-order valence-corrected chi connectivity index (χ1v) is 13.9. The van der Waals surface area contributed by atoms with E-state index in [9.17, 15) is 10.2 Å². The van der Waals surface area contributed by atoms with Gasteiger partial charge in [0.15, 0.2) is 0 Å². The second-order valence-corrected chi connectivity index (χ2v) is 12.8. The summed E-state index contributed by atoms with van der Waals surface area (Å²) in [4.78, 5) is 5.06. The summed E-state index contributed by atoms with van der Waals surface area (Å²) in [6.07, 6.45) is 7.85. The number of fused-ring (bicyclic) bond motifs is 5. The molecule has 2 aliphatic heterocycles. The number of morpholine rings is 2. The van der Waals surface area contributed by atoms with Gasteiger partial charge in [0.2, 0.25) is 0 Å². The second kappa shape index (κ2) is 8.70. The van der Waals surface area contributed by atoms with E-state index in [-0.39, 0.29) is 23.7 Å². The Morgan fingerprint density at radius 3 is 2.03 bits per heavy atom. The number of aliphatic hydroxyl groups is 2. The van der Waals surface area contributed by atoms with Gasteiger partial charge >= 0.3 is 0 Å². The summed E-state index contributed by atoms with van der Waals surface area (Å²) in [5.41, 5.74) is 0.375. The molecule has 6 rings (SSSR count). The van der Waals surface area contributed by atoms with Gasteiger partial charge in [-0.25, -0.2) is 0 Å². The quantitative estimate of drug-likeness (QED) is 0.657. The highest BCUT2D eigenvalue weighted by molar-refractivity contribution is 5.14. The highest BCUT2D eigenvalue weighted by Gasteiger charge is 2.63. The molecule has 0 aromatic carbocycles. The van der Waals surface area contributed by atoms with Crippen LogP contribution < -0.4 is 0 Å². The minimum Gasteiger partial charge on any atom is -0.391 e. The Balaban J connectivity index is 1.24. The molecule has 0 aromatic rings. The monoisotopic (exact) mass is 462 g/mol. The van der Waals surface area contributed by atoms with Crippen molar-refractivity contribution in [3.63, 3.8) is 0 Å². The van der Waals surface area contributed by atoms with Crippen LogP contribution in [0.5, 0.6) is 0 Å². The Hall–Kier alpha value is -0.240. The maximum Gasteiger partial charge on any atom is 0.0751 e. The van der Waals surface area contributed by atoms with Crippen LogP contribution in [0.25, 0.3) is 0 Å². The Bertz CT molecular complexity index is 710. The van der Waals surface area contributed by atoms with Crippen LogP contribution in [-0.2, 0) is 9.47 Å². The highest BCUT2D eigenvalue weighted by Crippen LogP contribution is 2.66. The molecule has 6 nitrogen and oxygen atoms in total. The molecule has 5 unspecified atom stereocenters. The smallest absolute Gasteiger partial charge is 0.0751 e. The lowest BCUT2D eigenvalue weighted by Gasteiger charge is -2.62. The standard InChI is InChI=1S/C27H46N2O4/c1-26-6-5-20-19(21(26)16-22(25(26)31)28-7-11-32-12-8-28)4-3-18-15-24(30)23(17-27(18,20)2)29-9-13-33-14-10-29/h18-25,30-31H,3-17H2,1-2H3/t18?,19-,20-,21+,22?,23?,24?,25?,26+,27+/m1/s1. The van der Waals surface area contributed by atoms with Crippen molar-refractivity contribution in [3.05, 3.63) is 0 Å². The van der Waals surface area contributed by atoms with Crippen LogP contribution in [0.2, 0.25) is 0 Å². The molecule has 6 heteroatoms. The van der Waals surface area contributed by atoms with Crippen LogP contribution in [0.15, 0.2) is 0 Å². The average molecular weight is 463 g/mol. The van der Waals surface area contributed by atoms with E-state index >= 15 is 0 Å². The molecule has 0 radical (unpaired) electrons. The zero-order valence-corrected chi connectivity index (χ0v) is 20.8. The summed E-state index contributed by atoms with van der Waals surface area (Å²) in [5.74, 6) is 2.74. The molecule has 0 aromatic heterocycles. The fraction of sp³-hybridized carbons (Fsp3) is 1.00. The summed E-state index contributed by atoms with van der Waals surface area (Å²) >= 11 is 0. The number of ether oxygens (including phenoxy) is 2. The predicted molar refractivity (Wildman–Crippen MR) is 127 cm³/mol. The lowest BCUT2D eigenvalue weighted by molar-refractivity contribution is -0.158. The third kappa shape index (κ3) is 3.65. The SMILES string of the molecule is C[C@]12CC(N3CCOCC3)C(O)CC1CC[C@@H]1[C@H]2CC[C@]2(C)C(O)C(N3CCOCC3)C[C@@H]12. The molecule has 2 saturated heterocycles. The third-order valence-corrected chi connectivity index (χ3v) is 11.7. The Morgan fingerprint density at radius 1 is 0.727 bits per heavy atom. The molecule has 4 saturated carbocycles. The molecule has 33 heavy (non-hydrogen) atoms. The number of rotatable bonds is 2. The zero-order valence-electron chi connectivity index (χ0n) is 20.8. The Kier molecular flexibility index (Phi) is 6.11. The molecule has 2 N–H and O–H groups in total. The molecule has 2 heterocycles. The van der Waals surface area contributed by atoms with Crippen LogP contribution in [0.3, 0.4) is 0 Å². The van der Waals surface area contributed by atoms with E-state index in [0.29, 0.717) is 23.3 Å². The number of hydrogen-bond donors (Lipinski definition) is 2. The van der Waals surface area contributed by atoms with Crippen molar-refractivity contribution in [1.29, 1.82) is 0 Å². The predicted octanol–water partition coefficient (Wildman–Crippen LogP) is 2.37. The van der Waals surface area contributed by atoms with Gasteiger partial charge in [0.05, 0.1) is 38.6 Å². The van der Waals surface area contributed by atoms with Gasteiger partial charge in [0, 0.05) is 38.3 Å². The zero-order chi connectivity index (χ0) is 22.8. The van der Waals surface area contributed by atoms with Gasteiger partial charge in [-0.3, -0.25) is 9.80 Å². The van der Waals surface area contributed by atoms with E-state index in [1.165, 1.54) is 19.3 Å². The van der Waals surface area contributed by atoms with Crippen molar-refractivity contribution in [3.8, 4) is 0 Å². The second-order valence-electron chi connectivity index (χ2n) is 12.8. The molecule has 6 fully saturated rings. The van der Waals surface area contributed by atoms with E-state index in [1.54, 1.807) is 0 Å². The highest BCUT2D eigenvalue weighted by atomic mass is 16.5. The van der Waals surface area contributed by atoms with Crippen molar-refractivity contribution < 1.29 is 19.7 Å². The maximum absolute atomic E-state index is 11.6. The van der Waals surface area contributed by atoms with Crippen LogP contribution in [0.4, 0.5) is 0 Å². The van der Waals surface area contributed by atoms with Gasteiger partial charge in [0.1, 0.15) is 0 Å². The van der Waals surface area contributed by atoms with Gasteiger partial charge in [-0.2, -0.15) is 0 Å². The summed E-state index contributed by atoms with van der Waals surface area (Å²) in [6.45, 7) is 12.1. The minimum absolute atomic E-state index is 0.0606. The van der Waals surface area contributed by atoms with Crippen molar-refractivity contribution in [2.24, 2.45) is 34.5 Å². The van der Waals surface area contributed by atoms with E-state index in [1.807, 2.05) is 0 Å². The fourth-order valence-electron chi connectivity index (χ4n) is 9.80. The van der Waals surface area contributed by atoms with Crippen molar-refractivity contribution >= 4 is 0 Å². The number of nitrogens with zero attached hydrogens (tertiary/aromatic N) is 2. The molecule has 0 amide bonds. The fourth-order valence-corrected chi connectivity index (χ4v) is 9.80. The normalized spacial score (nSPS) is 53.8. The molecule has 0 spiro atoms. The molecule has 188 valence electrons. The first-order valence-electron chi connectivity index (χ1n) is 13.9. The molecular weight excluding hydrogens is 416 g/mol. The van der Waals surface area contributed by atoms with Crippen LogP contribution in [-0.4, -0.2) is 96.9 Å². The van der Waals surface area contributed by atoms with Crippen LogP contribution in [0.1, 0.15) is 58.8 Å². The summed E-state index contributed by atoms with van der Waals surface area (Å²) < 4.78 is 11.2. The Labute approximate surface area is 200 Å². The van der Waals surface area contributed by atoms with Crippen molar-refractivity contribution in [2.75, 3.05) is 52.6 Å². The van der Waals surface area contributed by atoms with Crippen molar-refractivity contribution in [1.82, 2.24) is 9.80 Å². The topological polar surface area (TPSA) is 65.4 Å². The summed E-state index contributed by atoms with van der Waals surface area (Å²) in [5, 5.41) is 22.7. The lowest BCUT2D eigenvalue weighted by atomic mass is 9.44. The van der Waals surface area contributed by atoms with Gasteiger partial charge in [-0.1, -0.05) is 13.8 Å². The largest absolute Gasteiger partial charge is 0.391 e. The molecule has 0 bridgehead atoms. The van der Waals surface area contributed by atoms with Gasteiger partial charge in [-0.05, 0) is 79.4 Å². The van der Waals surface area contributed by atoms with Gasteiger partial charge in [-0.15, -0.1) is 0 Å². The third-order valence-electron chi connectivity index (χ3n) is 11.7. The van der Waals surface area contributed by atoms with E-state index < -0.39 is 0 Å². The molecule has 6 aliphatic rings. The van der Waals surface area contributed by atoms with E-state index in [4.69, 9.17) is 9.47 Å². The minimum atomic E-state index is -0.207. The maximum atomic E-state index is 11.6. The molecule has 4 aliphatic carbocycles. The van der Waals surface area contributed by atoms with E-state index in [2.05, 4.69) is 23.6 Å². The van der Waals surface area contributed by atoms with Crippen LogP contribution in [0, 0.1) is 34.5 Å². The van der Waals surface area contributed by atoms with Gasteiger partial charge < -0.3 is 19.7 Å². The lowest BCUT2D eigenvalue weighted by Crippen LogP contribution is -2.61. The van der Waals surface area contributed by atoms with E-state index in [0.717, 1.165) is 90.1 Å². The summed E-state index contributed by atoms with van der Waals surface area (Å²) in [6, 6.07) is 0.597. The average Bonchev–Trinajstić information content (AvgIpc) is 3.11. The first kappa shape index (κ1) is 23.2. The first-order chi connectivity index (χ1) is 15.9. The molecular formula is C27H46N2O4. The number of hydrogen-bond acceptors (Lipinski definition) is 6.